The molecule has 44 valence electrons. The van der Waals surface area contributed by atoms with E-state index in [-0.39, 0.29) is 0 Å². The van der Waals surface area contributed by atoms with Gasteiger partial charge in [-0.05, 0) is 0 Å². The van der Waals surface area contributed by atoms with Gasteiger partial charge in [0.15, 0.2) is 0 Å². The molecule has 2 N–H and O–H groups in total. The highest BCUT2D eigenvalue weighted by atomic mass is 31.2. The van der Waals surface area contributed by atoms with Gasteiger partial charge in [0.05, 0.1) is 0 Å². The number of hydrogen-bond acceptors (Lipinski definition) is 4. The van der Waals surface area contributed by atoms with Gasteiger partial charge in [0, 0.05) is 14.1 Å². The van der Waals surface area contributed by atoms with Gasteiger partial charge in [0.1, 0.15) is 0 Å². The zero-order chi connectivity index (χ0) is 5.86. The molecule has 0 heterocycles. The lowest BCUT2D eigenvalue weighted by Crippen LogP contribution is -2.07. The molecular formula is C2H8NO3P. The molecule has 0 bridgehead atoms. The molecule has 0 aromatic carbocycles. The lowest BCUT2D eigenvalue weighted by atomic mass is 11.2. The maximum absolute atomic E-state index is 8.08. The third-order valence-corrected chi connectivity index (χ3v) is 0.709. The van der Waals surface area contributed by atoms with Crippen molar-refractivity contribution >= 4 is 8.60 Å². The van der Waals surface area contributed by atoms with Crippen LogP contribution >= 0.6 is 8.60 Å². The lowest BCUT2D eigenvalue weighted by Gasteiger charge is -2.08. The molecule has 0 aliphatic carbocycles. The second kappa shape index (κ2) is 3.29. The Labute approximate surface area is 43.3 Å². The highest BCUT2D eigenvalue weighted by Gasteiger charge is 1.98. The minimum Gasteiger partial charge on any atom is -0.327 e. The van der Waals surface area contributed by atoms with Crippen LogP contribution in [-0.4, -0.2) is 28.9 Å². The standard InChI is InChI=1S/C2H8NO3P/c1-3(2)6-7(4)5/h4-5H,1-2H3. The second-order valence-electron chi connectivity index (χ2n) is 1.15. The van der Waals surface area contributed by atoms with Crippen molar-refractivity contribution < 1.29 is 14.4 Å². The second-order valence-corrected chi connectivity index (χ2v) is 1.82. The lowest BCUT2D eigenvalue weighted by molar-refractivity contribution is -0.0155. The predicted octanol–water partition coefficient (Wildman–Crippen LogP) is -0.309. The first kappa shape index (κ1) is 7.27. The van der Waals surface area contributed by atoms with E-state index in [9.17, 15) is 0 Å². The summed E-state index contributed by atoms with van der Waals surface area (Å²) in [5.74, 6) is 0. The Morgan fingerprint density at radius 2 is 1.86 bits per heavy atom. The molecule has 0 aliphatic rings. The minimum atomic E-state index is -2.21. The van der Waals surface area contributed by atoms with Crippen molar-refractivity contribution in [3.63, 3.8) is 0 Å². The summed E-state index contributed by atoms with van der Waals surface area (Å²) in [5, 5.41) is 1.23. The molecule has 0 unspecified atom stereocenters. The fraction of sp³-hybridized carbons (Fsp3) is 1.00. The Morgan fingerprint density at radius 3 is 1.86 bits per heavy atom. The zero-order valence-electron chi connectivity index (χ0n) is 4.20. The third-order valence-electron chi connectivity index (χ3n) is 0.236. The van der Waals surface area contributed by atoms with Gasteiger partial charge in [0.2, 0.25) is 0 Å². The molecule has 0 saturated carbocycles. The average molecular weight is 125 g/mol. The molecule has 0 aliphatic heterocycles. The molecule has 7 heavy (non-hydrogen) atoms. The van der Waals surface area contributed by atoms with Gasteiger partial charge in [-0.15, -0.1) is 0 Å². The summed E-state index contributed by atoms with van der Waals surface area (Å²) < 4.78 is 4.26. The molecule has 0 fully saturated rings. The van der Waals surface area contributed by atoms with Gasteiger partial charge in [-0.25, -0.2) is 4.62 Å². The third kappa shape index (κ3) is 6.27. The predicted molar refractivity (Wildman–Crippen MR) is 26.1 cm³/mol. The number of rotatable bonds is 2. The molecule has 0 saturated heterocycles. The van der Waals surface area contributed by atoms with Crippen molar-refractivity contribution in [1.82, 2.24) is 5.06 Å². The first-order valence-electron chi connectivity index (χ1n) is 1.66. The van der Waals surface area contributed by atoms with Crippen molar-refractivity contribution in [3.05, 3.63) is 0 Å². The Balaban J connectivity index is 2.95. The monoisotopic (exact) mass is 125 g/mol. The molecule has 0 aromatic rings. The SMILES string of the molecule is CN(C)OP(O)O. The van der Waals surface area contributed by atoms with Crippen LogP contribution in [0.2, 0.25) is 0 Å². The van der Waals surface area contributed by atoms with Gasteiger partial charge >= 0.3 is 8.60 Å². The van der Waals surface area contributed by atoms with E-state index in [1.807, 2.05) is 0 Å². The van der Waals surface area contributed by atoms with Crippen LogP contribution in [0.3, 0.4) is 0 Å². The quantitative estimate of drug-likeness (QED) is 0.392. The summed E-state index contributed by atoms with van der Waals surface area (Å²) in [6.07, 6.45) is 0. The Hall–Kier alpha value is 0.270. The number of nitrogens with zero attached hydrogens (tertiary/aromatic N) is 1. The van der Waals surface area contributed by atoms with E-state index in [2.05, 4.69) is 4.62 Å². The topological polar surface area (TPSA) is 52.9 Å². The maximum Gasteiger partial charge on any atom is 0.345 e. The Bertz CT molecular complexity index is 42.2. The van der Waals surface area contributed by atoms with E-state index in [0.717, 1.165) is 0 Å². The van der Waals surface area contributed by atoms with Crippen LogP contribution in [0.25, 0.3) is 0 Å². The van der Waals surface area contributed by atoms with Gasteiger partial charge in [-0.2, -0.15) is 5.06 Å². The van der Waals surface area contributed by atoms with Crippen LogP contribution in [-0.2, 0) is 4.62 Å². The Morgan fingerprint density at radius 1 is 1.43 bits per heavy atom. The van der Waals surface area contributed by atoms with Gasteiger partial charge in [-0.3, -0.25) is 0 Å². The van der Waals surface area contributed by atoms with Crippen molar-refractivity contribution in [2.24, 2.45) is 0 Å². The van der Waals surface area contributed by atoms with Crippen molar-refractivity contribution in [2.45, 2.75) is 0 Å². The van der Waals surface area contributed by atoms with Crippen molar-refractivity contribution in [3.8, 4) is 0 Å². The molecular weight excluding hydrogens is 117 g/mol. The summed E-state index contributed by atoms with van der Waals surface area (Å²) in [6, 6.07) is 0. The average Bonchev–Trinajstić information content (AvgIpc) is 1.27. The fourth-order valence-electron chi connectivity index (χ4n) is 0.146. The van der Waals surface area contributed by atoms with E-state index in [4.69, 9.17) is 9.79 Å². The van der Waals surface area contributed by atoms with Crippen LogP contribution in [0, 0.1) is 0 Å². The largest absolute Gasteiger partial charge is 0.345 e. The van der Waals surface area contributed by atoms with E-state index >= 15 is 0 Å². The fourth-order valence-corrected chi connectivity index (χ4v) is 0.438. The van der Waals surface area contributed by atoms with E-state index in [1.54, 1.807) is 14.1 Å². The molecule has 0 spiro atoms. The van der Waals surface area contributed by atoms with Crippen molar-refractivity contribution in [1.29, 1.82) is 0 Å². The Kier molecular flexibility index (Phi) is 3.42. The van der Waals surface area contributed by atoms with Crippen LogP contribution in [0.5, 0.6) is 0 Å². The van der Waals surface area contributed by atoms with Crippen LogP contribution < -0.4 is 0 Å². The summed E-state index contributed by atoms with van der Waals surface area (Å²) in [5.41, 5.74) is 0. The van der Waals surface area contributed by atoms with E-state index in [1.165, 1.54) is 5.06 Å². The van der Waals surface area contributed by atoms with Crippen LogP contribution in [0.1, 0.15) is 0 Å². The summed E-state index contributed by atoms with van der Waals surface area (Å²) >= 11 is 0. The first-order chi connectivity index (χ1) is 3.13. The highest BCUT2D eigenvalue weighted by molar-refractivity contribution is 7.39. The molecule has 0 atom stereocenters. The molecule has 4 nitrogen and oxygen atoms in total. The molecule has 0 rings (SSSR count). The number of hydrogen-bond donors (Lipinski definition) is 2. The molecule has 0 amide bonds. The molecule has 0 radical (unpaired) electrons. The zero-order valence-corrected chi connectivity index (χ0v) is 5.09. The van der Waals surface area contributed by atoms with Gasteiger partial charge in [0.25, 0.3) is 0 Å². The van der Waals surface area contributed by atoms with Crippen LogP contribution in [0.15, 0.2) is 0 Å². The number of hydroxylamine groups is 2. The van der Waals surface area contributed by atoms with Gasteiger partial charge < -0.3 is 9.79 Å². The summed E-state index contributed by atoms with van der Waals surface area (Å²) in [6.45, 7) is 0. The summed E-state index contributed by atoms with van der Waals surface area (Å²) in [4.78, 5) is 16.2. The minimum absolute atomic E-state index is 1.23. The maximum atomic E-state index is 8.08. The van der Waals surface area contributed by atoms with E-state index in [0.29, 0.717) is 0 Å². The normalized spacial score (nSPS) is 11.1. The van der Waals surface area contributed by atoms with E-state index < -0.39 is 8.60 Å². The van der Waals surface area contributed by atoms with Crippen LogP contribution in [0.4, 0.5) is 0 Å². The molecule has 0 aromatic heterocycles. The van der Waals surface area contributed by atoms with Gasteiger partial charge in [-0.1, -0.05) is 0 Å². The summed E-state index contributed by atoms with van der Waals surface area (Å²) in [7, 11) is 0.928. The highest BCUT2D eigenvalue weighted by Crippen LogP contribution is 2.24. The first-order valence-corrected chi connectivity index (χ1v) is 2.82. The molecule has 5 heteroatoms. The van der Waals surface area contributed by atoms with Crippen molar-refractivity contribution in [2.75, 3.05) is 14.1 Å². The smallest absolute Gasteiger partial charge is 0.327 e.